The normalized spacial score (nSPS) is 11.7. The molecule has 1 amide bonds. The van der Waals surface area contributed by atoms with Crippen molar-refractivity contribution >= 4 is 17.5 Å². The summed E-state index contributed by atoms with van der Waals surface area (Å²) in [4.78, 5) is 12.1. The van der Waals surface area contributed by atoms with Crippen LogP contribution in [0.1, 0.15) is 17.4 Å². The molecule has 6 heteroatoms. The molecule has 0 saturated carbocycles. The van der Waals surface area contributed by atoms with Gasteiger partial charge in [0.2, 0.25) is 5.91 Å². The Kier molecular flexibility index (Phi) is 6.90. The minimum atomic E-state index is -0.183. The van der Waals surface area contributed by atoms with E-state index in [1.807, 2.05) is 42.5 Å². The number of halogens is 1. The molecule has 0 radical (unpaired) electrons. The summed E-state index contributed by atoms with van der Waals surface area (Å²) in [5, 5.41) is 6.73. The molecule has 3 aromatic rings. The van der Waals surface area contributed by atoms with Crippen LogP contribution in [0.2, 0.25) is 5.02 Å². The Labute approximate surface area is 163 Å². The molecule has 1 heterocycles. The Bertz CT molecular complexity index is 820. The maximum absolute atomic E-state index is 12.1. The lowest BCUT2D eigenvalue weighted by atomic mass is 10.0. The van der Waals surface area contributed by atoms with Gasteiger partial charge in [-0.3, -0.25) is 10.1 Å². The molecule has 0 fully saturated rings. The highest BCUT2D eigenvalue weighted by atomic mass is 35.5. The Balaban J connectivity index is 1.44. The van der Waals surface area contributed by atoms with Crippen LogP contribution in [0.25, 0.3) is 0 Å². The molecule has 2 aromatic carbocycles. The highest BCUT2D eigenvalue weighted by Crippen LogP contribution is 2.22. The first-order valence-electron chi connectivity index (χ1n) is 8.69. The summed E-state index contributed by atoms with van der Waals surface area (Å²) < 4.78 is 11.1. The van der Waals surface area contributed by atoms with E-state index in [1.165, 1.54) is 0 Å². The first-order valence-corrected chi connectivity index (χ1v) is 9.07. The van der Waals surface area contributed by atoms with Crippen molar-refractivity contribution < 1.29 is 13.9 Å². The predicted molar refractivity (Wildman–Crippen MR) is 105 cm³/mol. The fourth-order valence-corrected chi connectivity index (χ4v) is 2.76. The van der Waals surface area contributed by atoms with E-state index >= 15 is 0 Å². The number of furan rings is 1. The van der Waals surface area contributed by atoms with Gasteiger partial charge in [-0.2, -0.15) is 0 Å². The number of benzene rings is 2. The summed E-state index contributed by atoms with van der Waals surface area (Å²) in [7, 11) is 0. The quantitative estimate of drug-likeness (QED) is 0.551. The molecule has 0 aliphatic heterocycles. The third-order valence-electron chi connectivity index (χ3n) is 3.93. The predicted octanol–water partition coefficient (Wildman–Crippen LogP) is 3.81. The van der Waals surface area contributed by atoms with Crippen molar-refractivity contribution in [2.45, 2.75) is 6.04 Å². The van der Waals surface area contributed by atoms with Crippen LogP contribution in [0, 0.1) is 0 Å². The average Bonchev–Trinajstić information content (AvgIpc) is 3.22. The zero-order chi connectivity index (χ0) is 18.9. The van der Waals surface area contributed by atoms with Crippen LogP contribution in [-0.4, -0.2) is 25.6 Å². The van der Waals surface area contributed by atoms with Crippen LogP contribution in [0.15, 0.2) is 77.4 Å². The third-order valence-corrected chi connectivity index (χ3v) is 4.19. The van der Waals surface area contributed by atoms with Crippen molar-refractivity contribution in [3.05, 3.63) is 89.3 Å². The highest BCUT2D eigenvalue weighted by molar-refractivity contribution is 6.30. The lowest BCUT2D eigenvalue weighted by Crippen LogP contribution is -2.37. The van der Waals surface area contributed by atoms with E-state index < -0.39 is 0 Å². The minimum absolute atomic E-state index is 0.109. The lowest BCUT2D eigenvalue weighted by Gasteiger charge is -2.17. The zero-order valence-corrected chi connectivity index (χ0v) is 15.5. The molecule has 3 rings (SSSR count). The van der Waals surface area contributed by atoms with Crippen LogP contribution in [0.5, 0.6) is 5.75 Å². The van der Waals surface area contributed by atoms with Crippen molar-refractivity contribution in [2.75, 3.05) is 19.7 Å². The van der Waals surface area contributed by atoms with Crippen molar-refractivity contribution in [1.82, 2.24) is 10.6 Å². The molecule has 2 N–H and O–H groups in total. The molecular formula is C21H21ClN2O3. The fraction of sp³-hybridized carbons (Fsp3) is 0.190. The Morgan fingerprint density at radius 2 is 1.81 bits per heavy atom. The van der Waals surface area contributed by atoms with E-state index in [9.17, 15) is 4.79 Å². The molecule has 0 aliphatic carbocycles. The Morgan fingerprint density at radius 1 is 1.04 bits per heavy atom. The number of rotatable bonds is 9. The number of hydrogen-bond acceptors (Lipinski definition) is 4. The zero-order valence-electron chi connectivity index (χ0n) is 14.7. The van der Waals surface area contributed by atoms with Crippen LogP contribution in [0.3, 0.4) is 0 Å². The molecule has 140 valence electrons. The molecule has 5 nitrogen and oxygen atoms in total. The van der Waals surface area contributed by atoms with Gasteiger partial charge in [0.25, 0.3) is 0 Å². The largest absolute Gasteiger partial charge is 0.492 e. The molecule has 0 saturated heterocycles. The first kappa shape index (κ1) is 19.0. The average molecular weight is 385 g/mol. The van der Waals surface area contributed by atoms with E-state index in [2.05, 4.69) is 10.6 Å². The Morgan fingerprint density at radius 3 is 2.52 bits per heavy atom. The van der Waals surface area contributed by atoms with Gasteiger partial charge in [0, 0.05) is 5.02 Å². The Hall–Kier alpha value is -2.76. The minimum Gasteiger partial charge on any atom is -0.492 e. The molecule has 1 atom stereocenters. The second kappa shape index (κ2) is 9.80. The maximum Gasteiger partial charge on any atom is 0.234 e. The molecule has 0 unspecified atom stereocenters. The van der Waals surface area contributed by atoms with E-state index in [-0.39, 0.29) is 18.5 Å². The third kappa shape index (κ3) is 5.88. The molecule has 1 aromatic heterocycles. The number of ether oxygens (including phenoxy) is 1. The first-order chi connectivity index (χ1) is 13.2. The molecule has 0 aliphatic rings. The van der Waals surface area contributed by atoms with Crippen LogP contribution >= 0.6 is 11.6 Å². The van der Waals surface area contributed by atoms with Gasteiger partial charge in [0.05, 0.1) is 25.4 Å². The summed E-state index contributed by atoms with van der Waals surface area (Å²) in [6, 6.07) is 20.5. The highest BCUT2D eigenvalue weighted by Gasteiger charge is 2.17. The number of carbonyl (C=O) groups is 1. The molecule has 27 heavy (non-hydrogen) atoms. The SMILES string of the molecule is O=C(CN[C@@H](c1ccccc1)c1ccco1)NCCOc1ccc(Cl)cc1. The monoisotopic (exact) mass is 384 g/mol. The summed E-state index contributed by atoms with van der Waals surface area (Å²) in [6.07, 6.45) is 1.63. The summed E-state index contributed by atoms with van der Waals surface area (Å²) in [5.74, 6) is 1.37. The van der Waals surface area contributed by atoms with Crippen molar-refractivity contribution in [1.29, 1.82) is 0 Å². The fourth-order valence-electron chi connectivity index (χ4n) is 2.63. The van der Waals surface area contributed by atoms with Crippen LogP contribution < -0.4 is 15.4 Å². The van der Waals surface area contributed by atoms with Gasteiger partial charge < -0.3 is 14.5 Å². The molecule has 0 bridgehead atoms. The van der Waals surface area contributed by atoms with E-state index in [0.717, 1.165) is 11.3 Å². The summed E-state index contributed by atoms with van der Waals surface area (Å²) >= 11 is 5.83. The lowest BCUT2D eigenvalue weighted by molar-refractivity contribution is -0.120. The second-order valence-corrected chi connectivity index (χ2v) is 6.33. The number of carbonyl (C=O) groups excluding carboxylic acids is 1. The maximum atomic E-state index is 12.1. The van der Waals surface area contributed by atoms with E-state index in [1.54, 1.807) is 30.5 Å². The van der Waals surface area contributed by atoms with Gasteiger partial charge in [0.1, 0.15) is 18.1 Å². The topological polar surface area (TPSA) is 63.5 Å². The van der Waals surface area contributed by atoms with Crippen molar-refractivity contribution in [3.8, 4) is 5.75 Å². The van der Waals surface area contributed by atoms with Gasteiger partial charge in [-0.25, -0.2) is 0 Å². The van der Waals surface area contributed by atoms with Gasteiger partial charge in [-0.05, 0) is 42.0 Å². The van der Waals surface area contributed by atoms with E-state index in [4.69, 9.17) is 20.8 Å². The summed E-state index contributed by atoms with van der Waals surface area (Å²) in [5.41, 5.74) is 1.03. The number of nitrogens with one attached hydrogen (secondary N) is 2. The van der Waals surface area contributed by atoms with Gasteiger partial charge in [0.15, 0.2) is 0 Å². The standard InChI is InChI=1S/C21H21ClN2O3/c22-17-8-10-18(11-9-17)26-14-12-23-20(25)15-24-21(19-7-4-13-27-19)16-5-2-1-3-6-16/h1-11,13,21,24H,12,14-15H2,(H,23,25)/t21-/m0/s1. The second-order valence-electron chi connectivity index (χ2n) is 5.89. The smallest absolute Gasteiger partial charge is 0.234 e. The van der Waals surface area contributed by atoms with Gasteiger partial charge >= 0.3 is 0 Å². The number of hydrogen-bond donors (Lipinski definition) is 2. The molecular weight excluding hydrogens is 364 g/mol. The summed E-state index contributed by atoms with van der Waals surface area (Å²) in [6.45, 7) is 0.967. The number of amides is 1. The van der Waals surface area contributed by atoms with Crippen LogP contribution in [-0.2, 0) is 4.79 Å². The van der Waals surface area contributed by atoms with Gasteiger partial charge in [-0.1, -0.05) is 41.9 Å². The van der Waals surface area contributed by atoms with Crippen molar-refractivity contribution in [2.24, 2.45) is 0 Å². The van der Waals surface area contributed by atoms with Gasteiger partial charge in [-0.15, -0.1) is 0 Å². The van der Waals surface area contributed by atoms with Crippen molar-refractivity contribution in [3.63, 3.8) is 0 Å². The molecule has 0 spiro atoms. The van der Waals surface area contributed by atoms with Crippen LogP contribution in [0.4, 0.5) is 0 Å². The van der Waals surface area contributed by atoms with E-state index in [0.29, 0.717) is 23.9 Å².